The molecule has 2 aliphatic heterocycles. The normalized spacial score (nSPS) is 23.8. The van der Waals surface area contributed by atoms with Gasteiger partial charge in [-0.25, -0.2) is 4.79 Å². The molecule has 2 aliphatic carbocycles. The second kappa shape index (κ2) is 13.3. The third kappa shape index (κ3) is 6.73. The molecule has 2 fully saturated rings. The van der Waals surface area contributed by atoms with Gasteiger partial charge in [-0.15, -0.1) is 0 Å². The van der Waals surface area contributed by atoms with Crippen LogP contribution < -0.4 is 0 Å². The molecular formula is C35H48N2O5. The van der Waals surface area contributed by atoms with Gasteiger partial charge in [0.05, 0.1) is 11.0 Å². The maximum absolute atomic E-state index is 13.7. The number of likely N-dealkylation sites (tertiary alicyclic amines) is 2. The lowest BCUT2D eigenvalue weighted by Gasteiger charge is -2.32. The first kappa shape index (κ1) is 30.7. The van der Waals surface area contributed by atoms with Crippen molar-refractivity contribution in [3.8, 4) is 0 Å². The number of hydrogen-bond acceptors (Lipinski definition) is 5. The van der Waals surface area contributed by atoms with Gasteiger partial charge in [0.25, 0.3) is 0 Å². The van der Waals surface area contributed by atoms with Gasteiger partial charge in [0, 0.05) is 16.7 Å². The average Bonchev–Trinajstić information content (AvgIpc) is 3.25. The average molecular weight is 577 g/mol. The number of benzene rings is 1. The van der Waals surface area contributed by atoms with Gasteiger partial charge in [0.2, 0.25) is 0 Å². The van der Waals surface area contributed by atoms with E-state index >= 15 is 0 Å². The van der Waals surface area contributed by atoms with Gasteiger partial charge in [-0.05, 0) is 139 Å². The summed E-state index contributed by atoms with van der Waals surface area (Å²) in [5, 5.41) is 20.4. The topological polar surface area (TPSA) is 98.2 Å². The number of nitrogens with zero attached hydrogens (tertiary/aromatic N) is 2. The molecule has 2 heterocycles. The highest BCUT2D eigenvalue weighted by Gasteiger charge is 2.44. The monoisotopic (exact) mass is 576 g/mol. The second-order valence-corrected chi connectivity index (χ2v) is 13.5. The van der Waals surface area contributed by atoms with Crippen LogP contribution in [0.2, 0.25) is 0 Å². The van der Waals surface area contributed by atoms with Crippen molar-refractivity contribution < 1.29 is 24.6 Å². The highest BCUT2D eigenvalue weighted by Crippen LogP contribution is 2.48. The fourth-order valence-corrected chi connectivity index (χ4v) is 7.33. The fraction of sp³-hybridized carbons (Fsp3) is 0.629. The fourth-order valence-electron chi connectivity index (χ4n) is 7.33. The molecule has 1 atom stereocenters. The number of rotatable bonds is 12. The summed E-state index contributed by atoms with van der Waals surface area (Å²) in [6.45, 7) is 11.2. The summed E-state index contributed by atoms with van der Waals surface area (Å²) < 4.78 is 0. The van der Waals surface area contributed by atoms with E-state index in [1.54, 1.807) is 18.2 Å². The minimum absolute atomic E-state index is 0.117. The van der Waals surface area contributed by atoms with E-state index in [1.807, 2.05) is 6.07 Å². The van der Waals surface area contributed by atoms with Crippen LogP contribution in [-0.2, 0) is 11.2 Å². The third-order valence-corrected chi connectivity index (χ3v) is 10.3. The Balaban J connectivity index is 1.23. The third-order valence-electron chi connectivity index (χ3n) is 10.3. The van der Waals surface area contributed by atoms with E-state index in [9.17, 15) is 24.6 Å². The Morgan fingerprint density at radius 1 is 0.881 bits per heavy atom. The van der Waals surface area contributed by atoms with Crippen LogP contribution in [0.4, 0.5) is 0 Å². The summed E-state index contributed by atoms with van der Waals surface area (Å²) >= 11 is 0. The highest BCUT2D eigenvalue weighted by atomic mass is 16.4. The van der Waals surface area contributed by atoms with Crippen molar-refractivity contribution in [1.29, 1.82) is 0 Å². The van der Waals surface area contributed by atoms with Gasteiger partial charge in [-0.2, -0.15) is 0 Å². The molecule has 0 bridgehead atoms. The molecule has 4 aliphatic rings. The molecule has 0 saturated carbocycles. The predicted octanol–water partition coefficient (Wildman–Crippen LogP) is 6.32. The number of carboxylic acid groups (broad SMARTS) is 2. The number of Topliss-reactive ketones (excluding diaryl/α,β-unsaturated/α-hetero) is 1. The van der Waals surface area contributed by atoms with E-state index in [0.717, 1.165) is 88.8 Å². The van der Waals surface area contributed by atoms with Gasteiger partial charge in [-0.3, -0.25) is 9.59 Å². The number of aromatic carboxylic acids is 1. The molecule has 7 heteroatoms. The van der Waals surface area contributed by atoms with Gasteiger partial charge in [0.15, 0.2) is 5.78 Å². The van der Waals surface area contributed by atoms with Crippen LogP contribution >= 0.6 is 0 Å². The van der Waals surface area contributed by atoms with Crippen molar-refractivity contribution in [3.05, 3.63) is 52.1 Å². The lowest BCUT2D eigenvalue weighted by atomic mass is 9.73. The Morgan fingerprint density at radius 3 is 2.05 bits per heavy atom. The zero-order valence-electron chi connectivity index (χ0n) is 25.5. The van der Waals surface area contributed by atoms with Crippen molar-refractivity contribution in [3.63, 3.8) is 0 Å². The first-order chi connectivity index (χ1) is 20.2. The summed E-state index contributed by atoms with van der Waals surface area (Å²) in [6, 6.07) is 3.59. The Bertz CT molecular complexity index is 1250. The van der Waals surface area contributed by atoms with Crippen LogP contribution in [0.3, 0.4) is 0 Å². The number of piperidine rings is 2. The second-order valence-electron chi connectivity index (χ2n) is 13.5. The van der Waals surface area contributed by atoms with Crippen molar-refractivity contribution >= 4 is 23.3 Å². The van der Waals surface area contributed by atoms with Crippen LogP contribution in [-0.4, -0.2) is 77.0 Å². The summed E-state index contributed by atoms with van der Waals surface area (Å²) in [6.07, 6.45) is 13.4. The molecule has 0 amide bonds. The predicted molar refractivity (Wildman–Crippen MR) is 165 cm³/mol. The minimum Gasteiger partial charge on any atom is -0.481 e. The highest BCUT2D eigenvalue weighted by molar-refractivity contribution is 6.24. The summed E-state index contributed by atoms with van der Waals surface area (Å²) in [5.41, 5.74) is 1.82. The Morgan fingerprint density at radius 2 is 1.48 bits per heavy atom. The van der Waals surface area contributed by atoms with E-state index in [2.05, 4.69) is 23.6 Å². The van der Waals surface area contributed by atoms with Gasteiger partial charge in [0.1, 0.15) is 0 Å². The molecule has 1 aromatic carbocycles. The molecule has 1 aromatic rings. The van der Waals surface area contributed by atoms with Crippen molar-refractivity contribution in [2.45, 2.75) is 84.5 Å². The number of carboxylic acids is 2. The lowest BCUT2D eigenvalue weighted by Crippen LogP contribution is -2.34. The molecule has 228 valence electrons. The number of unbranched alkanes of at least 4 members (excludes halogenated alkanes) is 2. The maximum atomic E-state index is 13.7. The molecule has 0 radical (unpaired) electrons. The first-order valence-electron chi connectivity index (χ1n) is 16.2. The molecule has 7 nitrogen and oxygen atoms in total. The van der Waals surface area contributed by atoms with Crippen LogP contribution in [0.1, 0.15) is 110 Å². The van der Waals surface area contributed by atoms with E-state index in [4.69, 9.17) is 0 Å². The van der Waals surface area contributed by atoms with Crippen LogP contribution in [0, 0.1) is 17.3 Å². The van der Waals surface area contributed by atoms with Crippen LogP contribution in [0.25, 0.3) is 5.57 Å². The number of aryl methyl sites for hydroxylation is 1. The molecule has 0 spiro atoms. The molecule has 0 aromatic heterocycles. The molecule has 2 saturated heterocycles. The largest absolute Gasteiger partial charge is 0.481 e. The Labute approximate surface area is 250 Å². The lowest BCUT2D eigenvalue weighted by molar-refractivity contribution is -0.146. The van der Waals surface area contributed by atoms with E-state index in [-0.39, 0.29) is 17.8 Å². The smallest absolute Gasteiger partial charge is 0.336 e. The molecule has 42 heavy (non-hydrogen) atoms. The van der Waals surface area contributed by atoms with Gasteiger partial charge in [-0.1, -0.05) is 32.4 Å². The number of ketones is 1. The maximum Gasteiger partial charge on any atom is 0.336 e. The molecule has 5 rings (SSSR count). The van der Waals surface area contributed by atoms with Crippen molar-refractivity contribution in [2.75, 3.05) is 39.3 Å². The molecule has 2 N–H and O–H groups in total. The van der Waals surface area contributed by atoms with Gasteiger partial charge >= 0.3 is 11.9 Å². The number of fused-ring (bicyclic) bond motifs is 2. The number of carbonyl (C=O) groups is 3. The Kier molecular flexibility index (Phi) is 9.68. The SMILES string of the molecule is CC1CCN(CCCCc2cc(C(=O)O)c3c(c2)C(=O)C2=C3C=CC(CCCCN3CCC(C)CC3)(C(=O)O)C2)CC1. The standard InChI is InChI=1S/C35H48N2O5/c1-24-9-17-36(18-10-24)15-5-3-7-26-21-28-31(29(22-26)33(39)40)27-8-14-35(34(41)42,23-30(27)32(28)38)13-4-6-16-37-19-11-25(2)12-20-37/h8,14,21-22,24-25H,3-7,9-13,15-20,23H2,1-2H3,(H,39,40)(H,41,42). The van der Waals surface area contributed by atoms with Crippen LogP contribution in [0.15, 0.2) is 29.9 Å². The number of allylic oxidation sites excluding steroid dienone is 3. The van der Waals surface area contributed by atoms with Crippen molar-refractivity contribution in [2.24, 2.45) is 17.3 Å². The summed E-state index contributed by atoms with van der Waals surface area (Å²) in [7, 11) is 0. The van der Waals surface area contributed by atoms with E-state index in [1.165, 1.54) is 25.7 Å². The van der Waals surface area contributed by atoms with Gasteiger partial charge < -0.3 is 20.0 Å². The molecular weight excluding hydrogens is 528 g/mol. The van der Waals surface area contributed by atoms with E-state index in [0.29, 0.717) is 28.7 Å². The van der Waals surface area contributed by atoms with Crippen LogP contribution in [0.5, 0.6) is 0 Å². The molecule has 1 unspecified atom stereocenters. The minimum atomic E-state index is -1.13. The summed E-state index contributed by atoms with van der Waals surface area (Å²) in [4.78, 5) is 43.6. The Hall–Kier alpha value is -2.77. The zero-order chi connectivity index (χ0) is 29.9. The van der Waals surface area contributed by atoms with E-state index < -0.39 is 17.4 Å². The quantitative estimate of drug-likeness (QED) is 0.281. The van der Waals surface area contributed by atoms with Crippen molar-refractivity contribution in [1.82, 2.24) is 9.80 Å². The number of aliphatic carboxylic acids is 1. The summed E-state index contributed by atoms with van der Waals surface area (Å²) in [5.74, 6) is -0.575. The zero-order valence-corrected chi connectivity index (χ0v) is 25.5. The number of hydrogen-bond donors (Lipinski definition) is 2. The number of carbonyl (C=O) groups excluding carboxylic acids is 1. The first-order valence-corrected chi connectivity index (χ1v) is 16.2.